The van der Waals surface area contributed by atoms with Crippen LogP contribution in [0.1, 0.15) is 68.0 Å². The number of benzene rings is 2. The summed E-state index contributed by atoms with van der Waals surface area (Å²) in [4.78, 5) is 38.1. The van der Waals surface area contributed by atoms with E-state index in [1.807, 2.05) is 12.1 Å². The fraction of sp³-hybridized carbons (Fsp3) is 0.375. The van der Waals surface area contributed by atoms with E-state index < -0.39 is 18.0 Å². The molecule has 148 valence electrons. The number of esters is 1. The first kappa shape index (κ1) is 21.5. The van der Waals surface area contributed by atoms with Gasteiger partial charge in [-0.05, 0) is 6.42 Å². The summed E-state index contributed by atoms with van der Waals surface area (Å²) < 4.78 is 5.35. The molecular formula is C24H28O4. The predicted octanol–water partition coefficient (Wildman–Crippen LogP) is 5.33. The molecule has 28 heavy (non-hydrogen) atoms. The van der Waals surface area contributed by atoms with Gasteiger partial charge in [-0.25, -0.2) is 0 Å². The molecule has 2 aromatic carbocycles. The fourth-order valence-corrected chi connectivity index (χ4v) is 3.25. The summed E-state index contributed by atoms with van der Waals surface area (Å²) in [6.45, 7) is 3.39. The number of hydrogen-bond donors (Lipinski definition) is 0. The zero-order chi connectivity index (χ0) is 20.4. The minimum Gasteiger partial charge on any atom is -0.450 e. The van der Waals surface area contributed by atoms with Gasteiger partial charge in [-0.1, -0.05) is 93.3 Å². The monoisotopic (exact) mass is 380 g/mol. The van der Waals surface area contributed by atoms with Crippen LogP contribution < -0.4 is 0 Å². The molecular weight excluding hydrogens is 352 g/mol. The molecule has 0 aromatic heterocycles. The van der Waals surface area contributed by atoms with Crippen LogP contribution in [0.4, 0.5) is 0 Å². The third-order valence-electron chi connectivity index (χ3n) is 4.71. The zero-order valence-electron chi connectivity index (χ0n) is 16.6. The van der Waals surface area contributed by atoms with Crippen molar-refractivity contribution >= 4 is 17.5 Å². The summed E-state index contributed by atoms with van der Waals surface area (Å²) in [5, 5.41) is 0. The van der Waals surface area contributed by atoms with Crippen LogP contribution in [0.2, 0.25) is 0 Å². The van der Waals surface area contributed by atoms with Gasteiger partial charge in [0.15, 0.2) is 17.7 Å². The fourth-order valence-electron chi connectivity index (χ4n) is 3.25. The first-order valence-electron chi connectivity index (χ1n) is 9.89. The molecule has 0 aliphatic carbocycles. The van der Waals surface area contributed by atoms with Crippen LogP contribution in [0.15, 0.2) is 60.7 Å². The molecule has 2 atom stereocenters. The molecule has 0 spiro atoms. The molecule has 0 radical (unpaired) electrons. The van der Waals surface area contributed by atoms with Crippen LogP contribution in [-0.4, -0.2) is 17.5 Å². The van der Waals surface area contributed by atoms with E-state index in [4.69, 9.17) is 4.74 Å². The van der Waals surface area contributed by atoms with Crippen LogP contribution >= 0.6 is 0 Å². The molecule has 0 heterocycles. The summed E-state index contributed by atoms with van der Waals surface area (Å²) in [6.07, 6.45) is 3.27. The summed E-state index contributed by atoms with van der Waals surface area (Å²) in [5.74, 6) is -1.94. The Balaban J connectivity index is 2.31. The van der Waals surface area contributed by atoms with Gasteiger partial charge < -0.3 is 4.74 Å². The molecule has 0 bridgehead atoms. The van der Waals surface area contributed by atoms with Gasteiger partial charge in [0.2, 0.25) is 0 Å². The summed E-state index contributed by atoms with van der Waals surface area (Å²) in [5.41, 5.74) is 1.09. The molecule has 0 aliphatic heterocycles. The highest BCUT2D eigenvalue weighted by molar-refractivity contribution is 6.12. The maximum atomic E-state index is 13.4. The van der Waals surface area contributed by atoms with Crippen LogP contribution in [0.5, 0.6) is 0 Å². The van der Waals surface area contributed by atoms with E-state index in [-0.39, 0.29) is 11.6 Å². The number of Topliss-reactive ketones (excluding diaryl/α,β-unsaturated/α-hetero) is 2. The Morgan fingerprint density at radius 1 is 0.857 bits per heavy atom. The van der Waals surface area contributed by atoms with Crippen LogP contribution in [0.3, 0.4) is 0 Å². The molecule has 0 saturated heterocycles. The Bertz CT molecular complexity index is 768. The molecule has 0 N–H and O–H groups in total. The lowest BCUT2D eigenvalue weighted by atomic mass is 9.85. The van der Waals surface area contributed by atoms with Crippen molar-refractivity contribution in [1.82, 2.24) is 0 Å². The van der Waals surface area contributed by atoms with Crippen LogP contribution in [0.25, 0.3) is 0 Å². The Hall–Kier alpha value is -2.75. The average Bonchev–Trinajstić information content (AvgIpc) is 2.72. The largest absolute Gasteiger partial charge is 0.450 e. The highest BCUT2D eigenvalue weighted by atomic mass is 16.5. The Morgan fingerprint density at radius 3 is 2.04 bits per heavy atom. The van der Waals surface area contributed by atoms with Gasteiger partial charge in [-0.2, -0.15) is 0 Å². The molecule has 0 saturated carbocycles. The van der Waals surface area contributed by atoms with Crippen LogP contribution in [-0.2, 0) is 14.3 Å². The van der Waals surface area contributed by atoms with Gasteiger partial charge in [0.25, 0.3) is 0 Å². The summed E-state index contributed by atoms with van der Waals surface area (Å²) >= 11 is 0. The van der Waals surface area contributed by atoms with Gasteiger partial charge in [0, 0.05) is 18.1 Å². The Labute approximate surface area is 166 Å². The van der Waals surface area contributed by atoms with E-state index in [0.29, 0.717) is 17.5 Å². The van der Waals surface area contributed by atoms with E-state index in [2.05, 4.69) is 6.92 Å². The topological polar surface area (TPSA) is 60.4 Å². The molecule has 0 amide bonds. The molecule has 0 fully saturated rings. The average molecular weight is 380 g/mol. The van der Waals surface area contributed by atoms with Crippen molar-refractivity contribution in [2.75, 3.05) is 0 Å². The minimum absolute atomic E-state index is 0.213. The normalized spacial score (nSPS) is 12.8. The van der Waals surface area contributed by atoms with Crippen molar-refractivity contribution in [2.24, 2.45) is 5.92 Å². The lowest BCUT2D eigenvalue weighted by Crippen LogP contribution is -2.31. The van der Waals surface area contributed by atoms with Crippen molar-refractivity contribution in [3.8, 4) is 0 Å². The SMILES string of the molecule is CCCCCCC(C(=O)c1ccccc1)C(=O)C(OC(C)=O)c1ccccc1. The Kier molecular flexibility index (Phi) is 8.60. The smallest absolute Gasteiger partial charge is 0.303 e. The summed E-state index contributed by atoms with van der Waals surface area (Å²) in [7, 11) is 0. The third kappa shape index (κ3) is 6.15. The number of hydrogen-bond acceptors (Lipinski definition) is 4. The van der Waals surface area contributed by atoms with E-state index in [1.165, 1.54) is 6.92 Å². The second-order valence-electron chi connectivity index (χ2n) is 6.93. The van der Waals surface area contributed by atoms with Crippen molar-refractivity contribution in [3.05, 3.63) is 71.8 Å². The highest BCUT2D eigenvalue weighted by Crippen LogP contribution is 2.27. The quantitative estimate of drug-likeness (QED) is 0.229. The van der Waals surface area contributed by atoms with Crippen molar-refractivity contribution in [3.63, 3.8) is 0 Å². The predicted molar refractivity (Wildman–Crippen MR) is 109 cm³/mol. The number of ether oxygens (including phenoxy) is 1. The van der Waals surface area contributed by atoms with Gasteiger partial charge in [0.05, 0.1) is 5.92 Å². The number of unbranched alkanes of at least 4 members (excludes halogenated alkanes) is 3. The third-order valence-corrected chi connectivity index (χ3v) is 4.71. The number of rotatable bonds is 11. The van der Waals surface area contributed by atoms with E-state index in [9.17, 15) is 14.4 Å². The lowest BCUT2D eigenvalue weighted by molar-refractivity contribution is -0.154. The number of carbonyl (C=O) groups is 3. The van der Waals surface area contributed by atoms with E-state index >= 15 is 0 Å². The van der Waals surface area contributed by atoms with Gasteiger partial charge in [0.1, 0.15) is 0 Å². The van der Waals surface area contributed by atoms with Gasteiger partial charge in [-0.3, -0.25) is 14.4 Å². The maximum absolute atomic E-state index is 13.4. The standard InChI is InChI=1S/C24H28O4/c1-3-4-5-12-17-21(22(26)19-13-8-6-9-14-19)23(27)24(28-18(2)25)20-15-10-7-11-16-20/h6-11,13-16,21,24H,3-5,12,17H2,1-2H3. The Morgan fingerprint density at radius 2 is 1.46 bits per heavy atom. The number of carbonyl (C=O) groups excluding carboxylic acids is 3. The van der Waals surface area contributed by atoms with Gasteiger partial charge >= 0.3 is 5.97 Å². The maximum Gasteiger partial charge on any atom is 0.303 e. The number of ketones is 2. The van der Waals surface area contributed by atoms with Crippen molar-refractivity contribution in [1.29, 1.82) is 0 Å². The first-order chi connectivity index (χ1) is 13.5. The molecule has 2 unspecified atom stereocenters. The van der Waals surface area contributed by atoms with Gasteiger partial charge in [-0.15, -0.1) is 0 Å². The van der Waals surface area contributed by atoms with Crippen molar-refractivity contribution < 1.29 is 19.1 Å². The zero-order valence-corrected chi connectivity index (χ0v) is 16.6. The van der Waals surface area contributed by atoms with E-state index in [0.717, 1.165) is 25.7 Å². The second-order valence-corrected chi connectivity index (χ2v) is 6.93. The molecule has 2 rings (SSSR count). The molecule has 2 aromatic rings. The molecule has 4 nitrogen and oxygen atoms in total. The lowest BCUT2D eigenvalue weighted by Gasteiger charge is -2.22. The van der Waals surface area contributed by atoms with Crippen molar-refractivity contribution in [2.45, 2.75) is 52.1 Å². The van der Waals surface area contributed by atoms with E-state index in [1.54, 1.807) is 48.5 Å². The molecule has 0 aliphatic rings. The first-order valence-corrected chi connectivity index (χ1v) is 9.89. The minimum atomic E-state index is -1.07. The molecule has 4 heteroatoms. The van der Waals surface area contributed by atoms with Crippen LogP contribution in [0, 0.1) is 5.92 Å². The summed E-state index contributed by atoms with van der Waals surface area (Å²) in [6, 6.07) is 17.7. The highest BCUT2D eigenvalue weighted by Gasteiger charge is 2.35. The second kappa shape index (κ2) is 11.2.